The Hall–Kier alpha value is -2.77. The molecule has 1 N–H and O–H groups in total. The average molecular weight is 567 g/mol. The van der Waals surface area contributed by atoms with Gasteiger partial charge in [-0.25, -0.2) is 19.9 Å². The van der Waals surface area contributed by atoms with Gasteiger partial charge in [0.1, 0.15) is 6.10 Å². The summed E-state index contributed by atoms with van der Waals surface area (Å²) in [5.41, 5.74) is 2.30. The summed E-state index contributed by atoms with van der Waals surface area (Å²) in [4.78, 5) is 28.4. The predicted molar refractivity (Wildman–Crippen MR) is 153 cm³/mol. The molecule has 0 aromatic carbocycles. The number of aromatic nitrogens is 5. The van der Waals surface area contributed by atoms with Gasteiger partial charge in [-0.2, -0.15) is 4.98 Å². The normalized spacial score (nSPS) is 20.8. The topological polar surface area (TPSA) is 111 Å². The Morgan fingerprint density at radius 3 is 2.55 bits per heavy atom. The lowest BCUT2D eigenvalue weighted by atomic mass is 9.72. The van der Waals surface area contributed by atoms with Gasteiger partial charge < -0.3 is 19.5 Å². The first-order chi connectivity index (χ1) is 19.6. The minimum Gasteiger partial charge on any atom is -0.460 e. The van der Waals surface area contributed by atoms with Crippen LogP contribution in [0.25, 0.3) is 10.6 Å². The fourth-order valence-corrected chi connectivity index (χ4v) is 6.48. The minimum absolute atomic E-state index is 0.162. The molecule has 5 heterocycles. The quantitative estimate of drug-likeness (QED) is 0.388. The Labute approximate surface area is 239 Å². The van der Waals surface area contributed by atoms with Gasteiger partial charge in [0.2, 0.25) is 5.95 Å². The Kier molecular flexibility index (Phi) is 8.49. The molecule has 3 aromatic rings. The van der Waals surface area contributed by atoms with E-state index in [1.807, 2.05) is 24.7 Å². The van der Waals surface area contributed by atoms with Crippen molar-refractivity contribution in [3.05, 3.63) is 36.4 Å². The maximum atomic E-state index is 6.15. The largest absolute Gasteiger partial charge is 0.460 e. The van der Waals surface area contributed by atoms with Crippen molar-refractivity contribution in [1.82, 2.24) is 34.7 Å². The summed E-state index contributed by atoms with van der Waals surface area (Å²) >= 11 is 1.50. The number of piperazine rings is 1. The first kappa shape index (κ1) is 27.4. The summed E-state index contributed by atoms with van der Waals surface area (Å²) in [6, 6.07) is 2.76. The van der Waals surface area contributed by atoms with E-state index in [9.17, 15) is 0 Å². The SMILES string of the molecule is COC[C@@H](C)N1CCN(Cc2cnc(Nc3ncc(-c4ccnc(OC5CCC6(CC5)COC6)n4)s3)nc2)CC1. The number of rotatable bonds is 10. The second kappa shape index (κ2) is 12.4. The Bertz CT molecular complexity index is 1240. The molecule has 2 aliphatic heterocycles. The third kappa shape index (κ3) is 6.58. The number of thiazole rings is 1. The van der Waals surface area contributed by atoms with E-state index in [-0.39, 0.29) is 6.10 Å². The van der Waals surface area contributed by atoms with Gasteiger partial charge in [0.05, 0.1) is 30.4 Å². The average Bonchev–Trinajstić information content (AvgIpc) is 3.43. The van der Waals surface area contributed by atoms with Crippen LogP contribution in [0.2, 0.25) is 0 Å². The maximum absolute atomic E-state index is 6.15. The summed E-state index contributed by atoms with van der Waals surface area (Å²) < 4.78 is 16.9. The van der Waals surface area contributed by atoms with Crippen molar-refractivity contribution in [2.45, 2.75) is 51.3 Å². The highest BCUT2D eigenvalue weighted by atomic mass is 32.1. The molecule has 1 aliphatic carbocycles. The number of methoxy groups -OCH3 is 1. The molecule has 1 saturated carbocycles. The molecule has 0 amide bonds. The third-order valence-electron chi connectivity index (χ3n) is 8.24. The number of anilines is 2. The summed E-state index contributed by atoms with van der Waals surface area (Å²) in [5.74, 6) is 0.529. The number of hydrogen-bond acceptors (Lipinski definition) is 12. The lowest BCUT2D eigenvalue weighted by molar-refractivity contribution is -0.140. The van der Waals surface area contributed by atoms with Crippen molar-refractivity contribution in [3.63, 3.8) is 0 Å². The van der Waals surface area contributed by atoms with Crippen molar-refractivity contribution in [3.8, 4) is 16.6 Å². The Morgan fingerprint density at radius 2 is 1.85 bits per heavy atom. The fourth-order valence-electron chi connectivity index (χ4n) is 5.70. The molecule has 3 fully saturated rings. The molecule has 2 saturated heterocycles. The zero-order valence-electron chi connectivity index (χ0n) is 23.3. The molecule has 214 valence electrons. The van der Waals surface area contributed by atoms with Gasteiger partial charge >= 0.3 is 6.01 Å². The van der Waals surface area contributed by atoms with Crippen LogP contribution in [0, 0.1) is 5.41 Å². The van der Waals surface area contributed by atoms with Crippen LogP contribution in [0.1, 0.15) is 38.2 Å². The van der Waals surface area contributed by atoms with Gasteiger partial charge in [0.25, 0.3) is 0 Å². The molecule has 12 heteroatoms. The zero-order chi connectivity index (χ0) is 27.4. The van der Waals surface area contributed by atoms with E-state index in [1.165, 1.54) is 11.3 Å². The summed E-state index contributed by atoms with van der Waals surface area (Å²) in [6.07, 6.45) is 11.8. The molecule has 0 radical (unpaired) electrons. The van der Waals surface area contributed by atoms with E-state index < -0.39 is 0 Å². The number of nitrogens with one attached hydrogen (secondary N) is 1. The van der Waals surface area contributed by atoms with E-state index in [2.05, 4.69) is 47.0 Å². The van der Waals surface area contributed by atoms with Crippen molar-refractivity contribution < 1.29 is 14.2 Å². The lowest BCUT2D eigenvalue weighted by Gasteiger charge is -2.45. The predicted octanol–water partition coefficient (Wildman–Crippen LogP) is 3.62. The van der Waals surface area contributed by atoms with E-state index in [0.717, 1.165) is 94.4 Å². The van der Waals surface area contributed by atoms with E-state index >= 15 is 0 Å². The summed E-state index contributed by atoms with van der Waals surface area (Å²) in [7, 11) is 1.76. The van der Waals surface area contributed by atoms with Crippen molar-refractivity contribution >= 4 is 22.4 Å². The smallest absolute Gasteiger partial charge is 0.317 e. The molecule has 0 bridgehead atoms. The highest BCUT2D eigenvalue weighted by Crippen LogP contribution is 2.43. The van der Waals surface area contributed by atoms with Crippen molar-refractivity contribution in [1.29, 1.82) is 0 Å². The molecule has 1 atom stereocenters. The molecule has 3 aromatic heterocycles. The van der Waals surface area contributed by atoms with Crippen molar-refractivity contribution in [2.24, 2.45) is 5.41 Å². The van der Waals surface area contributed by atoms with Crippen LogP contribution in [0.15, 0.2) is 30.9 Å². The Balaban J connectivity index is 0.992. The van der Waals surface area contributed by atoms with Crippen molar-refractivity contribution in [2.75, 3.05) is 58.4 Å². The minimum atomic E-state index is 0.162. The third-order valence-corrected chi connectivity index (χ3v) is 9.18. The summed E-state index contributed by atoms with van der Waals surface area (Å²) in [5, 5.41) is 3.94. The molecular formula is C28H38N8O3S. The van der Waals surface area contributed by atoms with Crippen LogP contribution >= 0.6 is 11.3 Å². The van der Waals surface area contributed by atoms with Gasteiger partial charge in [-0.05, 0) is 38.7 Å². The van der Waals surface area contributed by atoms with E-state index in [1.54, 1.807) is 13.3 Å². The highest BCUT2D eigenvalue weighted by Gasteiger charge is 2.42. The van der Waals surface area contributed by atoms with Gasteiger partial charge in [-0.1, -0.05) is 11.3 Å². The number of hydrogen-bond donors (Lipinski definition) is 1. The first-order valence-corrected chi connectivity index (χ1v) is 15.0. The molecule has 40 heavy (non-hydrogen) atoms. The van der Waals surface area contributed by atoms with E-state index in [4.69, 9.17) is 14.2 Å². The van der Waals surface area contributed by atoms with Crippen LogP contribution in [0.5, 0.6) is 6.01 Å². The van der Waals surface area contributed by atoms with Crippen LogP contribution in [0.3, 0.4) is 0 Å². The zero-order valence-corrected chi connectivity index (χ0v) is 24.1. The number of nitrogens with zero attached hydrogens (tertiary/aromatic N) is 7. The molecule has 6 rings (SSSR count). The first-order valence-electron chi connectivity index (χ1n) is 14.1. The second-order valence-electron chi connectivity index (χ2n) is 11.2. The van der Waals surface area contributed by atoms with Gasteiger partial charge in [0.15, 0.2) is 5.13 Å². The molecule has 11 nitrogen and oxygen atoms in total. The maximum Gasteiger partial charge on any atom is 0.317 e. The van der Waals surface area contributed by atoms with Crippen LogP contribution in [-0.4, -0.2) is 100.0 Å². The lowest BCUT2D eigenvalue weighted by Crippen LogP contribution is -2.50. The molecule has 1 spiro atoms. The standard InChI is InChI=1S/C28H38N8O3S/c1-20(17-37-2)36-11-9-35(10-12-36)16-21-13-30-25(31-14-21)34-27-32-15-24(40-27)23-5-8-29-26(33-23)39-22-3-6-28(7-4-22)18-38-19-28/h5,8,13-15,20,22H,3-4,6-7,9-12,16-19H2,1-2H3,(H,30,31,32,34)/t20-/m1/s1. The summed E-state index contributed by atoms with van der Waals surface area (Å²) in [6.45, 7) is 9.80. The van der Waals surface area contributed by atoms with Crippen LogP contribution in [0.4, 0.5) is 11.1 Å². The van der Waals surface area contributed by atoms with Gasteiger partial charge in [-0.15, -0.1) is 0 Å². The molecule has 0 unspecified atom stereocenters. The monoisotopic (exact) mass is 566 g/mol. The van der Waals surface area contributed by atoms with Gasteiger partial charge in [-0.3, -0.25) is 9.80 Å². The Morgan fingerprint density at radius 1 is 1.07 bits per heavy atom. The highest BCUT2D eigenvalue weighted by molar-refractivity contribution is 7.18. The number of ether oxygens (including phenoxy) is 3. The van der Waals surface area contributed by atoms with Crippen LogP contribution < -0.4 is 10.1 Å². The fraction of sp³-hybridized carbons (Fsp3) is 0.607. The second-order valence-corrected chi connectivity index (χ2v) is 12.3. The van der Waals surface area contributed by atoms with Crippen LogP contribution in [-0.2, 0) is 16.0 Å². The van der Waals surface area contributed by atoms with E-state index in [0.29, 0.717) is 28.5 Å². The molecular weight excluding hydrogens is 528 g/mol. The van der Waals surface area contributed by atoms with Gasteiger partial charge in [0, 0.05) is 81.6 Å². The molecule has 3 aliphatic rings.